The van der Waals surface area contributed by atoms with Crippen molar-refractivity contribution in [2.24, 2.45) is 0 Å². The number of carbonyl (C=O) groups excluding carboxylic acids is 1. The van der Waals surface area contributed by atoms with Gasteiger partial charge in [-0.25, -0.2) is 5.01 Å². The van der Waals surface area contributed by atoms with Gasteiger partial charge in [-0.1, -0.05) is 11.6 Å². The molecule has 0 bridgehead atoms. The maximum absolute atomic E-state index is 11.5. The fourth-order valence-corrected chi connectivity index (χ4v) is 1.12. The Balaban J connectivity index is 2.86. The SMILES string of the molecule is CN(C)NC(=O)c1ccc(N)c(Cl)c1. The zero-order valence-corrected chi connectivity index (χ0v) is 8.80. The van der Waals surface area contributed by atoms with Crippen molar-refractivity contribution in [2.45, 2.75) is 0 Å². The van der Waals surface area contributed by atoms with Gasteiger partial charge in [0.05, 0.1) is 10.7 Å². The molecule has 0 aliphatic rings. The fraction of sp³-hybridized carbons (Fsp3) is 0.222. The number of nitrogens with one attached hydrogen (secondary N) is 1. The summed E-state index contributed by atoms with van der Waals surface area (Å²) >= 11 is 5.78. The molecule has 0 heterocycles. The highest BCUT2D eigenvalue weighted by Crippen LogP contribution is 2.19. The van der Waals surface area contributed by atoms with Crippen LogP contribution in [-0.4, -0.2) is 25.0 Å². The summed E-state index contributed by atoms with van der Waals surface area (Å²) in [6.07, 6.45) is 0. The number of hydrazine groups is 1. The number of anilines is 1. The first kappa shape index (κ1) is 10.8. The molecule has 1 rings (SSSR count). The number of hydrogen-bond acceptors (Lipinski definition) is 3. The predicted octanol–water partition coefficient (Wildman–Crippen LogP) is 1.13. The van der Waals surface area contributed by atoms with Crippen LogP contribution in [0.4, 0.5) is 5.69 Å². The Morgan fingerprint density at radius 2 is 2.14 bits per heavy atom. The van der Waals surface area contributed by atoms with Crippen LogP contribution in [0.15, 0.2) is 18.2 Å². The van der Waals surface area contributed by atoms with Gasteiger partial charge in [0.25, 0.3) is 5.91 Å². The van der Waals surface area contributed by atoms with Crippen molar-refractivity contribution in [3.63, 3.8) is 0 Å². The van der Waals surface area contributed by atoms with Crippen LogP contribution < -0.4 is 11.2 Å². The Kier molecular flexibility index (Phi) is 3.33. The minimum absolute atomic E-state index is 0.211. The van der Waals surface area contributed by atoms with Gasteiger partial charge in [0.15, 0.2) is 0 Å². The first-order valence-electron chi connectivity index (χ1n) is 4.04. The van der Waals surface area contributed by atoms with Gasteiger partial charge in [-0.2, -0.15) is 0 Å². The van der Waals surface area contributed by atoms with E-state index in [9.17, 15) is 4.79 Å². The summed E-state index contributed by atoms with van der Waals surface area (Å²) in [5.41, 5.74) is 9.07. The lowest BCUT2D eigenvalue weighted by Gasteiger charge is -2.11. The largest absolute Gasteiger partial charge is 0.398 e. The summed E-state index contributed by atoms with van der Waals surface area (Å²) in [7, 11) is 3.47. The van der Waals surface area contributed by atoms with Crippen molar-refractivity contribution in [3.05, 3.63) is 28.8 Å². The van der Waals surface area contributed by atoms with Gasteiger partial charge in [0.2, 0.25) is 0 Å². The lowest BCUT2D eigenvalue weighted by atomic mass is 10.2. The van der Waals surface area contributed by atoms with Gasteiger partial charge in [-0.3, -0.25) is 10.2 Å². The summed E-state index contributed by atoms with van der Waals surface area (Å²) in [5.74, 6) is -0.211. The van der Waals surface area contributed by atoms with E-state index in [1.807, 2.05) is 0 Å². The molecule has 0 atom stereocenters. The minimum Gasteiger partial charge on any atom is -0.398 e. The van der Waals surface area contributed by atoms with Crippen LogP contribution in [0.1, 0.15) is 10.4 Å². The van der Waals surface area contributed by atoms with Crippen LogP contribution in [-0.2, 0) is 0 Å². The molecule has 0 fully saturated rings. The molecular weight excluding hydrogens is 202 g/mol. The topological polar surface area (TPSA) is 58.4 Å². The lowest BCUT2D eigenvalue weighted by molar-refractivity contribution is 0.0857. The molecule has 0 aliphatic heterocycles. The number of benzene rings is 1. The zero-order chi connectivity index (χ0) is 10.7. The van der Waals surface area contributed by atoms with Crippen LogP contribution >= 0.6 is 11.6 Å². The number of hydrogen-bond donors (Lipinski definition) is 2. The molecule has 0 saturated heterocycles. The molecule has 0 aromatic heterocycles. The first-order chi connectivity index (χ1) is 6.50. The maximum Gasteiger partial charge on any atom is 0.265 e. The molecule has 0 spiro atoms. The van der Waals surface area contributed by atoms with Crippen LogP contribution in [0.3, 0.4) is 0 Å². The van der Waals surface area contributed by atoms with Crippen LogP contribution in [0.2, 0.25) is 5.02 Å². The summed E-state index contributed by atoms with van der Waals surface area (Å²) in [5, 5.41) is 1.95. The average Bonchev–Trinajstić information content (AvgIpc) is 2.08. The van der Waals surface area contributed by atoms with Crippen molar-refractivity contribution in [3.8, 4) is 0 Å². The number of carbonyl (C=O) groups is 1. The Labute approximate surface area is 87.6 Å². The van der Waals surface area contributed by atoms with E-state index in [0.29, 0.717) is 16.3 Å². The van der Waals surface area contributed by atoms with Crippen LogP contribution in [0.5, 0.6) is 0 Å². The van der Waals surface area contributed by atoms with E-state index in [0.717, 1.165) is 0 Å². The highest BCUT2D eigenvalue weighted by molar-refractivity contribution is 6.33. The molecule has 1 aromatic carbocycles. The van der Waals surface area contributed by atoms with Crippen molar-refractivity contribution >= 4 is 23.2 Å². The fourth-order valence-electron chi connectivity index (χ4n) is 0.936. The Morgan fingerprint density at radius 3 is 2.64 bits per heavy atom. The second-order valence-corrected chi connectivity index (χ2v) is 3.48. The third-order valence-electron chi connectivity index (χ3n) is 1.59. The van der Waals surface area contributed by atoms with Gasteiger partial charge in [-0.05, 0) is 18.2 Å². The van der Waals surface area contributed by atoms with E-state index >= 15 is 0 Å². The number of halogens is 1. The number of nitrogens with two attached hydrogens (primary N) is 1. The predicted molar refractivity (Wildman–Crippen MR) is 57.0 cm³/mol. The van der Waals surface area contributed by atoms with Gasteiger partial charge < -0.3 is 5.73 Å². The molecule has 0 saturated carbocycles. The summed E-state index contributed by atoms with van der Waals surface area (Å²) in [4.78, 5) is 11.5. The van der Waals surface area contributed by atoms with Crippen LogP contribution in [0.25, 0.3) is 0 Å². The molecule has 3 N–H and O–H groups in total. The third kappa shape index (κ3) is 2.61. The molecular formula is C9H12ClN3O. The molecule has 14 heavy (non-hydrogen) atoms. The van der Waals surface area contributed by atoms with Crippen molar-refractivity contribution in [1.82, 2.24) is 10.4 Å². The normalized spacial score (nSPS) is 10.3. The van der Waals surface area contributed by atoms with E-state index in [4.69, 9.17) is 17.3 Å². The molecule has 0 unspecified atom stereocenters. The number of nitrogen functional groups attached to an aromatic ring is 1. The van der Waals surface area contributed by atoms with E-state index in [2.05, 4.69) is 5.43 Å². The molecule has 5 heteroatoms. The first-order valence-corrected chi connectivity index (χ1v) is 4.42. The Bertz CT molecular complexity index is 352. The summed E-state index contributed by atoms with van der Waals surface area (Å²) in [6.45, 7) is 0. The standard InChI is InChI=1S/C9H12ClN3O/c1-13(2)12-9(14)6-3-4-8(11)7(10)5-6/h3-5H,11H2,1-2H3,(H,12,14). The smallest absolute Gasteiger partial charge is 0.265 e. The molecule has 1 amide bonds. The summed E-state index contributed by atoms with van der Waals surface area (Å²) < 4.78 is 0. The van der Waals surface area contributed by atoms with Gasteiger partial charge in [-0.15, -0.1) is 0 Å². The zero-order valence-electron chi connectivity index (χ0n) is 8.04. The Morgan fingerprint density at radius 1 is 1.50 bits per heavy atom. The van der Waals surface area contributed by atoms with E-state index in [-0.39, 0.29) is 5.91 Å². The number of nitrogens with zero attached hydrogens (tertiary/aromatic N) is 1. The highest BCUT2D eigenvalue weighted by atomic mass is 35.5. The third-order valence-corrected chi connectivity index (χ3v) is 1.92. The molecule has 4 nitrogen and oxygen atoms in total. The minimum atomic E-state index is -0.211. The van der Waals surface area contributed by atoms with Crippen LogP contribution in [0, 0.1) is 0 Å². The van der Waals surface area contributed by atoms with Gasteiger partial charge in [0.1, 0.15) is 0 Å². The second kappa shape index (κ2) is 4.30. The molecule has 0 aliphatic carbocycles. The van der Waals surface area contributed by atoms with Crippen molar-refractivity contribution in [1.29, 1.82) is 0 Å². The quantitative estimate of drug-likeness (QED) is 0.572. The van der Waals surface area contributed by atoms with Crippen molar-refractivity contribution < 1.29 is 4.79 Å². The monoisotopic (exact) mass is 213 g/mol. The Hall–Kier alpha value is -1.26. The van der Waals surface area contributed by atoms with Gasteiger partial charge in [0, 0.05) is 19.7 Å². The number of amides is 1. The lowest BCUT2D eigenvalue weighted by Crippen LogP contribution is -2.36. The number of rotatable bonds is 2. The van der Waals surface area contributed by atoms with E-state index in [1.54, 1.807) is 31.2 Å². The highest BCUT2D eigenvalue weighted by Gasteiger charge is 2.07. The summed E-state index contributed by atoms with van der Waals surface area (Å²) in [6, 6.07) is 4.77. The maximum atomic E-state index is 11.5. The molecule has 1 aromatic rings. The van der Waals surface area contributed by atoms with Crippen molar-refractivity contribution in [2.75, 3.05) is 19.8 Å². The van der Waals surface area contributed by atoms with E-state index < -0.39 is 0 Å². The van der Waals surface area contributed by atoms with E-state index in [1.165, 1.54) is 6.07 Å². The molecule has 76 valence electrons. The van der Waals surface area contributed by atoms with Gasteiger partial charge >= 0.3 is 0 Å². The average molecular weight is 214 g/mol. The second-order valence-electron chi connectivity index (χ2n) is 3.07. The molecule has 0 radical (unpaired) electrons.